The number of nitrogens with one attached hydrogen (secondary N) is 3. The summed E-state index contributed by atoms with van der Waals surface area (Å²) in [5.41, 5.74) is 1.97. The van der Waals surface area contributed by atoms with Crippen LogP contribution in [0.3, 0.4) is 0 Å². The number of halogens is 1. The predicted molar refractivity (Wildman–Crippen MR) is 122 cm³/mol. The molecule has 1 aromatic rings. The number of methoxy groups -OCH3 is 1. The Morgan fingerprint density at radius 1 is 1.22 bits per heavy atom. The van der Waals surface area contributed by atoms with Crippen LogP contribution < -0.4 is 16.0 Å². The van der Waals surface area contributed by atoms with Gasteiger partial charge in [-0.1, -0.05) is 31.4 Å². The second-order valence-electron chi connectivity index (χ2n) is 6.72. The molecule has 2 rings (SSSR count). The molecule has 1 saturated carbocycles. The van der Waals surface area contributed by atoms with Gasteiger partial charge in [-0.3, -0.25) is 9.79 Å². The minimum atomic E-state index is 0. The Labute approximate surface area is 179 Å². The lowest BCUT2D eigenvalue weighted by molar-refractivity contribution is -0.120. The van der Waals surface area contributed by atoms with Gasteiger partial charge in [0.15, 0.2) is 5.96 Å². The van der Waals surface area contributed by atoms with E-state index in [1.807, 2.05) is 24.3 Å². The SMILES string of the molecule is CN=C(NCCCOC)NCc1cccc(NC(=O)C2CCCCC2)c1.I. The van der Waals surface area contributed by atoms with Gasteiger partial charge in [-0.15, -0.1) is 24.0 Å². The number of benzene rings is 1. The van der Waals surface area contributed by atoms with Crippen molar-refractivity contribution in [2.75, 3.05) is 32.6 Å². The highest BCUT2D eigenvalue weighted by Gasteiger charge is 2.20. The first-order valence-corrected chi connectivity index (χ1v) is 9.56. The molecule has 0 radical (unpaired) electrons. The van der Waals surface area contributed by atoms with Crippen LogP contribution in [0, 0.1) is 5.92 Å². The molecule has 1 fully saturated rings. The molecule has 152 valence electrons. The van der Waals surface area contributed by atoms with Crippen molar-refractivity contribution in [3.63, 3.8) is 0 Å². The number of nitrogens with zero attached hydrogens (tertiary/aromatic N) is 1. The van der Waals surface area contributed by atoms with Gasteiger partial charge in [-0.05, 0) is 37.0 Å². The van der Waals surface area contributed by atoms with E-state index in [0.717, 1.165) is 49.6 Å². The molecule has 0 heterocycles. The number of hydrogen-bond acceptors (Lipinski definition) is 3. The van der Waals surface area contributed by atoms with Crippen LogP contribution in [0.2, 0.25) is 0 Å². The monoisotopic (exact) mass is 488 g/mol. The molecule has 27 heavy (non-hydrogen) atoms. The number of guanidine groups is 1. The van der Waals surface area contributed by atoms with Crippen molar-refractivity contribution in [2.24, 2.45) is 10.9 Å². The summed E-state index contributed by atoms with van der Waals surface area (Å²) >= 11 is 0. The minimum absolute atomic E-state index is 0. The smallest absolute Gasteiger partial charge is 0.227 e. The van der Waals surface area contributed by atoms with E-state index in [0.29, 0.717) is 6.54 Å². The van der Waals surface area contributed by atoms with Crippen LogP contribution in [0.5, 0.6) is 0 Å². The summed E-state index contributed by atoms with van der Waals surface area (Å²) in [4.78, 5) is 16.6. The summed E-state index contributed by atoms with van der Waals surface area (Å²) in [7, 11) is 3.46. The van der Waals surface area contributed by atoms with E-state index in [9.17, 15) is 4.79 Å². The maximum absolute atomic E-state index is 12.4. The van der Waals surface area contributed by atoms with E-state index in [1.165, 1.54) is 19.3 Å². The van der Waals surface area contributed by atoms with Crippen molar-refractivity contribution in [1.82, 2.24) is 10.6 Å². The van der Waals surface area contributed by atoms with Gasteiger partial charge in [-0.2, -0.15) is 0 Å². The number of ether oxygens (including phenoxy) is 1. The van der Waals surface area contributed by atoms with Crippen LogP contribution in [0.25, 0.3) is 0 Å². The van der Waals surface area contributed by atoms with Crippen molar-refractivity contribution in [2.45, 2.75) is 45.1 Å². The summed E-state index contributed by atoms with van der Waals surface area (Å²) in [6.07, 6.45) is 6.54. The van der Waals surface area contributed by atoms with Crippen molar-refractivity contribution >= 4 is 41.5 Å². The molecule has 7 heteroatoms. The molecule has 0 spiro atoms. The van der Waals surface area contributed by atoms with Crippen LogP contribution >= 0.6 is 24.0 Å². The third kappa shape index (κ3) is 8.92. The van der Waals surface area contributed by atoms with Gasteiger partial charge in [0.25, 0.3) is 0 Å². The quantitative estimate of drug-likeness (QED) is 0.227. The van der Waals surface area contributed by atoms with Gasteiger partial charge in [0.1, 0.15) is 0 Å². The largest absolute Gasteiger partial charge is 0.385 e. The number of anilines is 1. The average molecular weight is 488 g/mol. The third-order valence-corrected chi connectivity index (χ3v) is 4.67. The fourth-order valence-corrected chi connectivity index (χ4v) is 3.20. The molecular formula is C20H33IN4O2. The van der Waals surface area contributed by atoms with Crippen LogP contribution in [0.1, 0.15) is 44.1 Å². The maximum Gasteiger partial charge on any atom is 0.227 e. The molecule has 0 saturated heterocycles. The summed E-state index contributed by atoms with van der Waals surface area (Å²) in [6, 6.07) is 7.98. The van der Waals surface area contributed by atoms with Gasteiger partial charge in [-0.25, -0.2) is 0 Å². The standard InChI is InChI=1S/C20H32N4O2.HI/c1-21-20(22-12-7-13-26-2)23-15-16-8-6-11-18(14-16)24-19(25)17-9-4-3-5-10-17;/h6,8,11,14,17H,3-5,7,9-10,12-13,15H2,1-2H3,(H,24,25)(H2,21,22,23);1H. The van der Waals surface area contributed by atoms with E-state index in [4.69, 9.17) is 4.74 Å². The Morgan fingerprint density at radius 3 is 2.70 bits per heavy atom. The van der Waals surface area contributed by atoms with Gasteiger partial charge in [0.2, 0.25) is 5.91 Å². The molecule has 3 N–H and O–H groups in total. The molecule has 1 amide bonds. The first kappa shape index (κ1) is 23.7. The van der Waals surface area contributed by atoms with Crippen molar-refractivity contribution in [1.29, 1.82) is 0 Å². The van der Waals surface area contributed by atoms with Crippen LogP contribution in [-0.2, 0) is 16.1 Å². The minimum Gasteiger partial charge on any atom is -0.385 e. The number of carbonyl (C=O) groups excluding carboxylic acids is 1. The fourth-order valence-electron chi connectivity index (χ4n) is 3.20. The molecule has 1 aromatic carbocycles. The molecule has 0 bridgehead atoms. The van der Waals surface area contributed by atoms with E-state index in [1.54, 1.807) is 14.2 Å². The molecule has 0 unspecified atom stereocenters. The highest BCUT2D eigenvalue weighted by atomic mass is 127. The van der Waals surface area contributed by atoms with E-state index in [2.05, 4.69) is 20.9 Å². The number of amides is 1. The summed E-state index contributed by atoms with van der Waals surface area (Å²) in [5.74, 6) is 1.09. The topological polar surface area (TPSA) is 74.8 Å². The van der Waals surface area contributed by atoms with E-state index in [-0.39, 0.29) is 35.8 Å². The first-order valence-electron chi connectivity index (χ1n) is 9.56. The van der Waals surface area contributed by atoms with Gasteiger partial charge >= 0.3 is 0 Å². The number of rotatable bonds is 8. The highest BCUT2D eigenvalue weighted by Crippen LogP contribution is 2.25. The van der Waals surface area contributed by atoms with Crippen molar-refractivity contribution in [3.05, 3.63) is 29.8 Å². The Bertz CT molecular complexity index is 589. The Balaban J connectivity index is 0.00000364. The van der Waals surface area contributed by atoms with Crippen LogP contribution in [0.15, 0.2) is 29.3 Å². The van der Waals surface area contributed by atoms with E-state index >= 15 is 0 Å². The van der Waals surface area contributed by atoms with E-state index < -0.39 is 0 Å². The zero-order chi connectivity index (χ0) is 18.6. The number of aliphatic imine (C=N–C) groups is 1. The molecule has 0 atom stereocenters. The molecular weight excluding hydrogens is 455 g/mol. The molecule has 0 aliphatic heterocycles. The van der Waals surface area contributed by atoms with Gasteiger partial charge in [0, 0.05) is 45.5 Å². The van der Waals surface area contributed by atoms with Crippen LogP contribution in [0.4, 0.5) is 5.69 Å². The summed E-state index contributed by atoms with van der Waals surface area (Å²) in [6.45, 7) is 2.19. The molecule has 1 aliphatic rings. The zero-order valence-corrected chi connectivity index (χ0v) is 18.8. The first-order chi connectivity index (χ1) is 12.7. The second-order valence-corrected chi connectivity index (χ2v) is 6.72. The zero-order valence-electron chi connectivity index (χ0n) is 16.4. The predicted octanol–water partition coefficient (Wildman–Crippen LogP) is 3.52. The molecule has 1 aliphatic carbocycles. The Hall–Kier alpha value is -1.35. The number of hydrogen-bond donors (Lipinski definition) is 3. The molecule has 6 nitrogen and oxygen atoms in total. The Morgan fingerprint density at radius 2 is 2.00 bits per heavy atom. The average Bonchev–Trinajstić information content (AvgIpc) is 2.68. The summed E-state index contributed by atoms with van der Waals surface area (Å²) in [5, 5.41) is 9.62. The lowest BCUT2D eigenvalue weighted by Gasteiger charge is -2.21. The lowest BCUT2D eigenvalue weighted by atomic mass is 9.88. The highest BCUT2D eigenvalue weighted by molar-refractivity contribution is 14.0. The summed E-state index contributed by atoms with van der Waals surface area (Å²) < 4.78 is 5.04. The van der Waals surface area contributed by atoms with Crippen molar-refractivity contribution < 1.29 is 9.53 Å². The van der Waals surface area contributed by atoms with Crippen LogP contribution in [-0.4, -0.2) is 39.2 Å². The van der Waals surface area contributed by atoms with Gasteiger partial charge < -0.3 is 20.7 Å². The lowest BCUT2D eigenvalue weighted by Crippen LogP contribution is -2.37. The number of carbonyl (C=O) groups is 1. The second kappa shape index (κ2) is 13.8. The normalized spacial score (nSPS) is 15.0. The Kier molecular flexibility index (Phi) is 12.1. The molecule has 0 aromatic heterocycles. The maximum atomic E-state index is 12.4. The fraction of sp³-hybridized carbons (Fsp3) is 0.600. The third-order valence-electron chi connectivity index (χ3n) is 4.67. The van der Waals surface area contributed by atoms with Crippen molar-refractivity contribution in [3.8, 4) is 0 Å². The van der Waals surface area contributed by atoms with Gasteiger partial charge in [0.05, 0.1) is 0 Å².